The number of hydrogen-bond acceptors (Lipinski definition) is 6. The van der Waals surface area contributed by atoms with E-state index in [2.05, 4.69) is 10.4 Å². The Kier molecular flexibility index (Phi) is 4.82. The Morgan fingerprint density at radius 1 is 1.38 bits per heavy atom. The lowest BCUT2D eigenvalue weighted by atomic mass is 10.1. The molecule has 0 saturated heterocycles. The summed E-state index contributed by atoms with van der Waals surface area (Å²) in [6.07, 6.45) is 0.699. The van der Waals surface area contributed by atoms with Crippen molar-refractivity contribution in [2.45, 2.75) is 27.2 Å². The molecule has 0 bridgehead atoms. The number of carbonyl (C=O) groups is 2. The van der Waals surface area contributed by atoms with Crippen molar-refractivity contribution in [1.29, 1.82) is 0 Å². The molecule has 0 aromatic carbocycles. The molecule has 0 atom stereocenters. The third kappa shape index (κ3) is 2.89. The van der Waals surface area contributed by atoms with Crippen LogP contribution in [0.5, 0.6) is 0 Å². The molecule has 3 aromatic rings. The summed E-state index contributed by atoms with van der Waals surface area (Å²) >= 11 is 7.59. The van der Waals surface area contributed by atoms with Crippen LogP contribution in [0.25, 0.3) is 10.2 Å². The highest BCUT2D eigenvalue weighted by molar-refractivity contribution is 7.71. The SMILES string of the molecule is CCc1c(C(=O)Nn2c(=S)[nH]c3sc(C(=O)O)c(C)c3c2=O)csc1C. The highest BCUT2D eigenvalue weighted by Gasteiger charge is 2.21. The number of thiophene rings is 2. The molecule has 0 saturated carbocycles. The van der Waals surface area contributed by atoms with Gasteiger partial charge in [0, 0.05) is 10.3 Å². The van der Waals surface area contributed by atoms with Gasteiger partial charge in [-0.25, -0.2) is 4.79 Å². The maximum atomic E-state index is 12.8. The fraction of sp³-hybridized carbons (Fsp3) is 0.250. The summed E-state index contributed by atoms with van der Waals surface area (Å²) in [5.41, 5.74) is 3.76. The van der Waals surface area contributed by atoms with Crippen molar-refractivity contribution in [3.63, 3.8) is 0 Å². The highest BCUT2D eigenvalue weighted by atomic mass is 32.1. The van der Waals surface area contributed by atoms with Gasteiger partial charge in [-0.2, -0.15) is 4.68 Å². The van der Waals surface area contributed by atoms with Crippen LogP contribution >= 0.6 is 34.9 Å². The monoisotopic (exact) mass is 409 g/mol. The summed E-state index contributed by atoms with van der Waals surface area (Å²) in [6.45, 7) is 5.45. The minimum Gasteiger partial charge on any atom is -0.477 e. The Balaban J connectivity index is 2.12. The number of H-pyrrole nitrogens is 1. The number of rotatable bonds is 4. The number of aromatic amines is 1. The van der Waals surface area contributed by atoms with Crippen molar-refractivity contribution in [1.82, 2.24) is 9.66 Å². The van der Waals surface area contributed by atoms with Gasteiger partial charge in [0.25, 0.3) is 11.5 Å². The zero-order valence-electron chi connectivity index (χ0n) is 14.1. The first-order chi connectivity index (χ1) is 12.3. The predicted octanol–water partition coefficient (Wildman–Crippen LogP) is 3.44. The summed E-state index contributed by atoms with van der Waals surface area (Å²) in [5, 5.41) is 11.2. The molecule has 0 spiro atoms. The van der Waals surface area contributed by atoms with Crippen molar-refractivity contribution >= 4 is 57.0 Å². The second kappa shape index (κ2) is 6.78. The molecule has 0 aliphatic carbocycles. The molecule has 0 aliphatic rings. The smallest absolute Gasteiger partial charge is 0.346 e. The van der Waals surface area contributed by atoms with Gasteiger partial charge in [0.1, 0.15) is 9.71 Å². The molecule has 7 nitrogen and oxygen atoms in total. The predicted molar refractivity (Wildman–Crippen MR) is 105 cm³/mol. The maximum absolute atomic E-state index is 12.8. The van der Waals surface area contributed by atoms with Gasteiger partial charge in [0.15, 0.2) is 0 Å². The van der Waals surface area contributed by atoms with E-state index in [4.69, 9.17) is 12.2 Å². The quantitative estimate of drug-likeness (QED) is 0.573. The number of amides is 1. The lowest BCUT2D eigenvalue weighted by Crippen LogP contribution is -2.34. The number of fused-ring (bicyclic) bond motifs is 1. The van der Waals surface area contributed by atoms with Gasteiger partial charge in [-0.1, -0.05) is 6.92 Å². The number of carboxylic acids is 1. The van der Waals surface area contributed by atoms with Gasteiger partial charge in [-0.3, -0.25) is 15.0 Å². The number of hydrogen-bond donors (Lipinski definition) is 3. The Morgan fingerprint density at radius 3 is 2.69 bits per heavy atom. The third-order valence-corrected chi connectivity index (χ3v) is 6.53. The molecule has 3 heterocycles. The fourth-order valence-corrected chi connectivity index (χ4v) is 5.07. The van der Waals surface area contributed by atoms with E-state index < -0.39 is 17.4 Å². The van der Waals surface area contributed by atoms with Crippen LogP contribution in [0.15, 0.2) is 10.2 Å². The molecule has 10 heteroatoms. The second-order valence-electron chi connectivity index (χ2n) is 5.61. The van der Waals surface area contributed by atoms with E-state index in [-0.39, 0.29) is 15.0 Å². The van der Waals surface area contributed by atoms with Gasteiger partial charge < -0.3 is 10.1 Å². The lowest BCUT2D eigenvalue weighted by Gasteiger charge is -2.09. The molecular weight excluding hydrogens is 394 g/mol. The number of aromatic carboxylic acids is 1. The molecule has 136 valence electrons. The number of aryl methyl sites for hydroxylation is 2. The first-order valence-corrected chi connectivity index (χ1v) is 9.76. The standard InChI is InChI=1S/C16H15N3O4S3/c1-4-8-7(3)25-5-9(8)12(20)18-19-14(21)10-6(2)11(15(22)23)26-13(10)17-16(19)24/h5H,4H2,1-3H3,(H,17,24)(H,18,20)(H,22,23). The van der Waals surface area contributed by atoms with Crippen LogP contribution in [0.2, 0.25) is 0 Å². The zero-order chi connectivity index (χ0) is 19.2. The van der Waals surface area contributed by atoms with Crippen LogP contribution in [0.1, 0.15) is 43.0 Å². The van der Waals surface area contributed by atoms with Gasteiger partial charge in [-0.05, 0) is 43.6 Å². The van der Waals surface area contributed by atoms with Gasteiger partial charge in [0.2, 0.25) is 4.77 Å². The summed E-state index contributed by atoms with van der Waals surface area (Å²) in [5.74, 6) is -1.54. The van der Waals surface area contributed by atoms with E-state index >= 15 is 0 Å². The van der Waals surface area contributed by atoms with E-state index in [1.165, 1.54) is 11.3 Å². The maximum Gasteiger partial charge on any atom is 0.346 e. The molecule has 0 unspecified atom stereocenters. The summed E-state index contributed by atoms with van der Waals surface area (Å²) < 4.78 is 0.955. The number of nitrogens with zero attached hydrogens (tertiary/aromatic N) is 1. The minimum atomic E-state index is -1.11. The Morgan fingerprint density at radius 2 is 2.08 bits per heavy atom. The average molecular weight is 410 g/mol. The number of carbonyl (C=O) groups excluding carboxylic acids is 1. The van der Waals surface area contributed by atoms with E-state index in [0.29, 0.717) is 22.4 Å². The van der Waals surface area contributed by atoms with E-state index in [1.807, 2.05) is 13.8 Å². The molecule has 0 aliphatic heterocycles. The van der Waals surface area contributed by atoms with Crippen LogP contribution in [0.3, 0.4) is 0 Å². The molecular formula is C16H15N3O4S3. The topological polar surface area (TPSA) is 104 Å². The van der Waals surface area contributed by atoms with Crippen LogP contribution in [0.4, 0.5) is 0 Å². The van der Waals surface area contributed by atoms with E-state index in [9.17, 15) is 19.5 Å². The van der Waals surface area contributed by atoms with Crippen LogP contribution in [-0.4, -0.2) is 26.6 Å². The first-order valence-electron chi connectivity index (χ1n) is 7.66. The van der Waals surface area contributed by atoms with E-state index in [1.54, 1.807) is 12.3 Å². The summed E-state index contributed by atoms with van der Waals surface area (Å²) in [4.78, 5) is 41.1. The van der Waals surface area contributed by atoms with Crippen molar-refractivity contribution in [3.8, 4) is 0 Å². The van der Waals surface area contributed by atoms with Crippen LogP contribution in [0, 0.1) is 18.6 Å². The van der Waals surface area contributed by atoms with Gasteiger partial charge >= 0.3 is 5.97 Å². The largest absolute Gasteiger partial charge is 0.477 e. The zero-order valence-corrected chi connectivity index (χ0v) is 16.6. The average Bonchev–Trinajstić information content (AvgIpc) is 3.11. The highest BCUT2D eigenvalue weighted by Crippen LogP contribution is 2.27. The molecule has 3 N–H and O–H groups in total. The Bertz CT molecular complexity index is 1170. The molecule has 1 amide bonds. The van der Waals surface area contributed by atoms with Crippen LogP contribution in [-0.2, 0) is 6.42 Å². The van der Waals surface area contributed by atoms with Crippen molar-refractivity contribution in [2.75, 3.05) is 5.43 Å². The van der Waals surface area contributed by atoms with Crippen molar-refractivity contribution < 1.29 is 14.7 Å². The lowest BCUT2D eigenvalue weighted by molar-refractivity contribution is 0.0701. The minimum absolute atomic E-state index is 0.000890. The fourth-order valence-electron chi connectivity index (χ4n) is 2.79. The number of nitrogens with one attached hydrogen (secondary N) is 2. The van der Waals surface area contributed by atoms with Gasteiger partial charge in [0.05, 0.1) is 10.9 Å². The van der Waals surface area contributed by atoms with Crippen molar-refractivity contribution in [3.05, 3.63) is 46.9 Å². The Labute approximate surface area is 160 Å². The summed E-state index contributed by atoms with van der Waals surface area (Å²) in [6, 6.07) is 0. The van der Waals surface area contributed by atoms with Gasteiger partial charge in [-0.15, -0.1) is 22.7 Å². The third-order valence-electron chi connectivity index (χ3n) is 4.10. The molecule has 3 aromatic heterocycles. The van der Waals surface area contributed by atoms with E-state index in [0.717, 1.165) is 26.5 Å². The molecule has 0 fully saturated rings. The molecule has 0 radical (unpaired) electrons. The number of aromatic nitrogens is 2. The molecule has 26 heavy (non-hydrogen) atoms. The normalized spacial score (nSPS) is 11.0. The summed E-state index contributed by atoms with van der Waals surface area (Å²) in [7, 11) is 0. The number of carboxylic acid groups (broad SMARTS) is 1. The Hall–Kier alpha value is -2.30. The first kappa shape index (κ1) is 18.5. The van der Waals surface area contributed by atoms with Crippen molar-refractivity contribution in [2.24, 2.45) is 0 Å². The second-order valence-corrected chi connectivity index (χ2v) is 8.11. The molecule has 3 rings (SSSR count). The van der Waals surface area contributed by atoms with Crippen LogP contribution < -0.4 is 11.0 Å².